The molecular weight excluding hydrogens is 260 g/mol. The summed E-state index contributed by atoms with van der Waals surface area (Å²) in [6.07, 6.45) is 1.55. The van der Waals surface area contributed by atoms with E-state index >= 15 is 0 Å². The van der Waals surface area contributed by atoms with Crippen LogP contribution in [0.3, 0.4) is 0 Å². The summed E-state index contributed by atoms with van der Waals surface area (Å²) in [5.41, 5.74) is 0.0264. The van der Waals surface area contributed by atoms with Gasteiger partial charge in [-0.1, -0.05) is 0 Å². The van der Waals surface area contributed by atoms with E-state index in [2.05, 4.69) is 10.3 Å². The van der Waals surface area contributed by atoms with E-state index in [9.17, 15) is 15.2 Å². The third-order valence-corrected chi connectivity index (χ3v) is 4.43. The Morgan fingerprint density at radius 3 is 2.90 bits per heavy atom. The van der Waals surface area contributed by atoms with Crippen molar-refractivity contribution in [3.63, 3.8) is 0 Å². The SMILES string of the molecule is CNc1ccc([N+](=O)[O-])c(N2CC3CCC(O)C3C2)n1. The van der Waals surface area contributed by atoms with Gasteiger partial charge < -0.3 is 15.3 Å². The standard InChI is InChI=1S/C13H18N4O3/c1-14-12-5-3-10(17(19)20)13(15-12)16-6-8-2-4-11(18)9(8)7-16/h3,5,8-9,11,18H,2,4,6-7H2,1H3,(H,14,15). The van der Waals surface area contributed by atoms with E-state index in [1.54, 1.807) is 13.1 Å². The van der Waals surface area contributed by atoms with Crippen LogP contribution in [0.25, 0.3) is 0 Å². The molecular formula is C13H18N4O3. The Hall–Kier alpha value is -1.89. The molecule has 2 N–H and O–H groups in total. The summed E-state index contributed by atoms with van der Waals surface area (Å²) in [5.74, 6) is 1.66. The Morgan fingerprint density at radius 1 is 1.45 bits per heavy atom. The number of aliphatic hydroxyl groups excluding tert-OH is 1. The van der Waals surface area contributed by atoms with Gasteiger partial charge in [-0.3, -0.25) is 10.1 Å². The van der Waals surface area contributed by atoms with Gasteiger partial charge in [0, 0.05) is 32.1 Å². The highest BCUT2D eigenvalue weighted by molar-refractivity contribution is 5.62. The van der Waals surface area contributed by atoms with E-state index in [4.69, 9.17) is 0 Å². The lowest BCUT2D eigenvalue weighted by atomic mass is 10.00. The van der Waals surface area contributed by atoms with Crippen molar-refractivity contribution < 1.29 is 10.0 Å². The van der Waals surface area contributed by atoms with Crippen molar-refractivity contribution in [3.05, 3.63) is 22.2 Å². The summed E-state index contributed by atoms with van der Waals surface area (Å²) in [5, 5.41) is 24.0. The van der Waals surface area contributed by atoms with Crippen LogP contribution in [0.1, 0.15) is 12.8 Å². The zero-order chi connectivity index (χ0) is 14.3. The average molecular weight is 278 g/mol. The fourth-order valence-electron chi connectivity index (χ4n) is 3.37. The molecule has 7 heteroatoms. The van der Waals surface area contributed by atoms with E-state index < -0.39 is 4.92 Å². The van der Waals surface area contributed by atoms with Crippen molar-refractivity contribution >= 4 is 17.3 Å². The van der Waals surface area contributed by atoms with Crippen LogP contribution < -0.4 is 10.2 Å². The molecule has 3 atom stereocenters. The van der Waals surface area contributed by atoms with Gasteiger partial charge in [-0.25, -0.2) is 4.98 Å². The fourth-order valence-corrected chi connectivity index (χ4v) is 3.37. The van der Waals surface area contributed by atoms with Crippen molar-refractivity contribution in [1.82, 2.24) is 4.98 Å². The summed E-state index contributed by atoms with van der Waals surface area (Å²) in [4.78, 5) is 17.0. The number of nitrogens with one attached hydrogen (secondary N) is 1. The van der Waals surface area contributed by atoms with Gasteiger partial charge >= 0.3 is 5.69 Å². The molecule has 2 heterocycles. The number of nitro groups is 1. The minimum atomic E-state index is -0.397. The summed E-state index contributed by atoms with van der Waals surface area (Å²) in [7, 11) is 1.74. The Bertz CT molecular complexity index is 536. The van der Waals surface area contributed by atoms with Crippen LogP contribution in [0.2, 0.25) is 0 Å². The number of aromatic nitrogens is 1. The number of hydrogen-bond acceptors (Lipinski definition) is 6. The first-order chi connectivity index (χ1) is 9.60. The lowest BCUT2D eigenvalue weighted by Crippen LogP contribution is -2.26. The Labute approximate surface area is 116 Å². The van der Waals surface area contributed by atoms with Gasteiger partial charge in [0.2, 0.25) is 5.82 Å². The molecule has 3 unspecified atom stereocenters. The smallest absolute Gasteiger partial charge is 0.311 e. The van der Waals surface area contributed by atoms with Gasteiger partial charge in [0.25, 0.3) is 0 Å². The topological polar surface area (TPSA) is 91.5 Å². The van der Waals surface area contributed by atoms with E-state index in [1.165, 1.54) is 6.07 Å². The molecule has 1 aromatic heterocycles. The minimum absolute atomic E-state index is 0.0264. The molecule has 0 spiro atoms. The number of nitrogens with zero attached hydrogens (tertiary/aromatic N) is 3. The maximum atomic E-state index is 11.2. The summed E-state index contributed by atoms with van der Waals surface area (Å²) < 4.78 is 0. The lowest BCUT2D eigenvalue weighted by molar-refractivity contribution is -0.384. The Balaban J connectivity index is 1.91. The largest absolute Gasteiger partial charge is 0.393 e. The number of anilines is 2. The van der Waals surface area contributed by atoms with Crippen molar-refractivity contribution in [2.45, 2.75) is 18.9 Å². The maximum absolute atomic E-state index is 11.2. The van der Waals surface area contributed by atoms with Crippen LogP contribution in [0.5, 0.6) is 0 Å². The van der Waals surface area contributed by atoms with Gasteiger partial charge in [-0.05, 0) is 24.8 Å². The van der Waals surface area contributed by atoms with Gasteiger partial charge in [0.1, 0.15) is 5.82 Å². The number of hydrogen-bond donors (Lipinski definition) is 2. The zero-order valence-corrected chi connectivity index (χ0v) is 11.3. The maximum Gasteiger partial charge on any atom is 0.311 e. The fraction of sp³-hybridized carbons (Fsp3) is 0.615. The van der Waals surface area contributed by atoms with Crippen LogP contribution in [-0.4, -0.2) is 41.3 Å². The molecule has 1 aliphatic carbocycles. The minimum Gasteiger partial charge on any atom is -0.393 e. The molecule has 20 heavy (non-hydrogen) atoms. The second-order valence-corrected chi connectivity index (χ2v) is 5.52. The predicted octanol–water partition coefficient (Wildman–Crippen LogP) is 1.24. The molecule has 1 saturated carbocycles. The van der Waals surface area contributed by atoms with E-state index in [1.807, 2.05) is 4.90 Å². The second kappa shape index (κ2) is 4.90. The normalized spacial score (nSPS) is 28.5. The first-order valence-corrected chi connectivity index (χ1v) is 6.86. The number of rotatable bonds is 3. The van der Waals surface area contributed by atoms with E-state index in [0.29, 0.717) is 24.1 Å². The van der Waals surface area contributed by atoms with Crippen molar-refractivity contribution in [2.24, 2.45) is 11.8 Å². The molecule has 108 valence electrons. The highest BCUT2D eigenvalue weighted by atomic mass is 16.6. The number of pyridine rings is 1. The Kier molecular flexibility index (Phi) is 3.21. The van der Waals surface area contributed by atoms with Crippen molar-refractivity contribution in [1.29, 1.82) is 0 Å². The van der Waals surface area contributed by atoms with Gasteiger partial charge in [-0.15, -0.1) is 0 Å². The molecule has 7 nitrogen and oxygen atoms in total. The highest BCUT2D eigenvalue weighted by Crippen LogP contribution is 2.41. The lowest BCUT2D eigenvalue weighted by Gasteiger charge is -2.19. The molecule has 1 aliphatic heterocycles. The molecule has 0 amide bonds. The van der Waals surface area contributed by atoms with Crippen molar-refractivity contribution in [3.8, 4) is 0 Å². The van der Waals surface area contributed by atoms with Crippen LogP contribution in [0.15, 0.2) is 12.1 Å². The quantitative estimate of drug-likeness (QED) is 0.638. The van der Waals surface area contributed by atoms with Crippen molar-refractivity contribution in [2.75, 3.05) is 30.4 Å². The molecule has 1 saturated heterocycles. The molecule has 1 aromatic rings. The third-order valence-electron chi connectivity index (χ3n) is 4.43. The third kappa shape index (κ3) is 2.07. The van der Waals surface area contributed by atoms with Gasteiger partial charge in [0.05, 0.1) is 11.0 Å². The molecule has 0 aromatic carbocycles. The first kappa shape index (κ1) is 13.1. The zero-order valence-electron chi connectivity index (χ0n) is 11.3. The molecule has 0 radical (unpaired) electrons. The molecule has 2 aliphatic rings. The summed E-state index contributed by atoms with van der Waals surface area (Å²) >= 11 is 0. The number of aliphatic hydroxyl groups is 1. The highest BCUT2D eigenvalue weighted by Gasteiger charge is 2.43. The predicted molar refractivity (Wildman–Crippen MR) is 74.9 cm³/mol. The summed E-state index contributed by atoms with van der Waals surface area (Å²) in [6, 6.07) is 3.09. The van der Waals surface area contributed by atoms with Gasteiger partial charge in [0.15, 0.2) is 0 Å². The van der Waals surface area contributed by atoms with Crippen LogP contribution >= 0.6 is 0 Å². The van der Waals surface area contributed by atoms with Gasteiger partial charge in [-0.2, -0.15) is 0 Å². The summed E-state index contributed by atoms with van der Waals surface area (Å²) in [6.45, 7) is 1.38. The van der Waals surface area contributed by atoms with E-state index in [-0.39, 0.29) is 17.7 Å². The van der Waals surface area contributed by atoms with Crippen LogP contribution in [0, 0.1) is 22.0 Å². The van der Waals surface area contributed by atoms with E-state index in [0.717, 1.165) is 19.4 Å². The first-order valence-electron chi connectivity index (χ1n) is 6.86. The Morgan fingerprint density at radius 2 is 2.25 bits per heavy atom. The number of fused-ring (bicyclic) bond motifs is 1. The van der Waals surface area contributed by atoms with Crippen LogP contribution in [-0.2, 0) is 0 Å². The molecule has 3 rings (SSSR count). The van der Waals surface area contributed by atoms with Crippen LogP contribution in [0.4, 0.5) is 17.3 Å². The molecule has 2 fully saturated rings. The monoisotopic (exact) mass is 278 g/mol. The average Bonchev–Trinajstić information content (AvgIpc) is 3.00. The second-order valence-electron chi connectivity index (χ2n) is 5.52. The molecule has 0 bridgehead atoms.